The molecule has 0 bridgehead atoms. The third-order valence-electron chi connectivity index (χ3n) is 0.856. The van der Waals surface area contributed by atoms with Crippen molar-refractivity contribution in [2.45, 2.75) is 0 Å². The maximum atomic E-state index is 9.71. The third kappa shape index (κ3) is 1.91. The van der Waals surface area contributed by atoms with Crippen LogP contribution in [0.2, 0.25) is 0 Å². The maximum absolute atomic E-state index is 9.71. The minimum absolute atomic E-state index is 0. The van der Waals surface area contributed by atoms with Gasteiger partial charge in [0.25, 0.3) is 0 Å². The zero-order valence-corrected chi connectivity index (χ0v) is 3.39. The fourth-order valence-corrected chi connectivity index (χ4v) is 0.333. The van der Waals surface area contributed by atoms with Gasteiger partial charge in [-0.15, -0.1) is 0 Å². The summed E-state index contributed by atoms with van der Waals surface area (Å²) in [7, 11) is 0. The van der Waals surface area contributed by atoms with E-state index < -0.39 is 0 Å². The zero-order chi connectivity index (χ0) is 4.41. The number of rotatable bonds is 1. The van der Waals surface area contributed by atoms with Gasteiger partial charge in [0.15, 0.2) is 0 Å². The second-order valence-corrected chi connectivity index (χ2v) is 1.43. The molecule has 0 aromatic carbocycles. The van der Waals surface area contributed by atoms with Crippen molar-refractivity contribution in [2.75, 3.05) is 13.2 Å². The van der Waals surface area contributed by atoms with Crippen LogP contribution in [-0.2, 0) is 9.53 Å². The molecule has 0 aromatic heterocycles. The van der Waals surface area contributed by atoms with Crippen molar-refractivity contribution in [1.82, 2.24) is 0 Å². The molecule has 7 heavy (non-hydrogen) atoms. The molecule has 1 aliphatic rings. The van der Waals surface area contributed by atoms with Gasteiger partial charge in [-0.05, 0) is 0 Å². The standard InChI is InChI=1S/C4H6O2.Na.H/c5-1-4-2-6-3-4;;/h1,4H,2-3H2;;. The molecule has 1 heterocycles. The van der Waals surface area contributed by atoms with E-state index in [0.29, 0.717) is 13.2 Å². The van der Waals surface area contributed by atoms with Crippen LogP contribution in [0.25, 0.3) is 0 Å². The van der Waals surface area contributed by atoms with E-state index in [1.54, 1.807) is 0 Å². The van der Waals surface area contributed by atoms with Gasteiger partial charge >= 0.3 is 29.6 Å². The SMILES string of the molecule is O=CC1COC1.[NaH]. The molecule has 0 aromatic rings. The van der Waals surface area contributed by atoms with Gasteiger partial charge in [0.2, 0.25) is 0 Å². The van der Waals surface area contributed by atoms with Crippen LogP contribution >= 0.6 is 0 Å². The summed E-state index contributed by atoms with van der Waals surface area (Å²) in [6, 6.07) is 0. The van der Waals surface area contributed by atoms with E-state index in [2.05, 4.69) is 0 Å². The first kappa shape index (κ1) is 7.63. The summed E-state index contributed by atoms with van der Waals surface area (Å²) < 4.78 is 4.69. The summed E-state index contributed by atoms with van der Waals surface area (Å²) in [6.45, 7) is 1.28. The first-order valence-corrected chi connectivity index (χ1v) is 1.96. The third-order valence-corrected chi connectivity index (χ3v) is 0.856. The molecule has 1 fully saturated rings. The molecule has 0 spiro atoms. The van der Waals surface area contributed by atoms with Crippen LogP contribution in [0.1, 0.15) is 0 Å². The molecule has 0 radical (unpaired) electrons. The van der Waals surface area contributed by atoms with Crippen molar-refractivity contribution in [3.63, 3.8) is 0 Å². The number of hydrogen-bond donors (Lipinski definition) is 0. The Bertz CT molecular complexity index is 60.7. The van der Waals surface area contributed by atoms with E-state index in [9.17, 15) is 4.79 Å². The number of hydrogen-bond acceptors (Lipinski definition) is 2. The Hall–Kier alpha value is 0.630. The molecule has 3 heteroatoms. The summed E-state index contributed by atoms with van der Waals surface area (Å²) in [4.78, 5) is 9.71. The molecule has 0 amide bonds. The minimum atomic E-state index is 0. The zero-order valence-electron chi connectivity index (χ0n) is 3.39. The second kappa shape index (κ2) is 3.61. The summed E-state index contributed by atoms with van der Waals surface area (Å²) in [5, 5.41) is 0. The molecule has 1 aliphatic heterocycles. The van der Waals surface area contributed by atoms with Crippen LogP contribution < -0.4 is 0 Å². The first-order chi connectivity index (χ1) is 2.93. The molecule has 36 valence electrons. The quantitative estimate of drug-likeness (QED) is 0.326. The van der Waals surface area contributed by atoms with Crippen molar-refractivity contribution in [3.8, 4) is 0 Å². The molecule has 0 saturated carbocycles. The Kier molecular flexibility index (Phi) is 3.93. The second-order valence-electron chi connectivity index (χ2n) is 1.43. The Morgan fingerprint density at radius 3 is 2.14 bits per heavy atom. The number of ether oxygens (including phenoxy) is 1. The average molecular weight is 110 g/mol. The summed E-state index contributed by atoms with van der Waals surface area (Å²) in [6.07, 6.45) is 0.934. The Balaban J connectivity index is 0.000000360. The van der Waals surface area contributed by atoms with Gasteiger partial charge in [0.1, 0.15) is 6.29 Å². The average Bonchev–Trinajstić information content (AvgIpc) is 1.31. The first-order valence-electron chi connectivity index (χ1n) is 1.96. The number of aldehydes is 1. The van der Waals surface area contributed by atoms with Crippen molar-refractivity contribution in [3.05, 3.63) is 0 Å². The van der Waals surface area contributed by atoms with Crippen LogP contribution in [-0.4, -0.2) is 49.1 Å². The van der Waals surface area contributed by atoms with E-state index >= 15 is 0 Å². The molecular formula is C4H7NaO2. The monoisotopic (exact) mass is 110 g/mol. The van der Waals surface area contributed by atoms with E-state index in [1.165, 1.54) is 0 Å². The molecular weight excluding hydrogens is 103 g/mol. The predicted molar refractivity (Wildman–Crippen MR) is 27.5 cm³/mol. The predicted octanol–water partition coefficient (Wildman–Crippen LogP) is -0.817. The molecule has 0 N–H and O–H groups in total. The Morgan fingerprint density at radius 2 is 2.14 bits per heavy atom. The van der Waals surface area contributed by atoms with Crippen molar-refractivity contribution >= 4 is 35.8 Å². The van der Waals surface area contributed by atoms with Crippen molar-refractivity contribution in [2.24, 2.45) is 5.92 Å². The number of carbonyl (C=O) groups excluding carboxylic acids is 1. The van der Waals surface area contributed by atoms with Gasteiger partial charge in [-0.2, -0.15) is 0 Å². The van der Waals surface area contributed by atoms with Gasteiger partial charge in [0.05, 0.1) is 19.1 Å². The molecule has 1 rings (SSSR count). The molecule has 0 unspecified atom stereocenters. The molecule has 2 nitrogen and oxygen atoms in total. The van der Waals surface area contributed by atoms with Crippen LogP contribution in [0, 0.1) is 5.92 Å². The van der Waals surface area contributed by atoms with Crippen LogP contribution in [0.15, 0.2) is 0 Å². The Morgan fingerprint density at radius 1 is 1.57 bits per heavy atom. The summed E-state index contributed by atoms with van der Waals surface area (Å²) in [5.74, 6) is 0.213. The normalized spacial score (nSPS) is 19.4. The van der Waals surface area contributed by atoms with E-state index in [4.69, 9.17) is 4.74 Å². The topological polar surface area (TPSA) is 26.3 Å². The van der Waals surface area contributed by atoms with Gasteiger partial charge in [-0.3, -0.25) is 0 Å². The molecule has 1 saturated heterocycles. The fraction of sp³-hybridized carbons (Fsp3) is 0.750. The fourth-order valence-electron chi connectivity index (χ4n) is 0.333. The van der Waals surface area contributed by atoms with E-state index in [-0.39, 0.29) is 35.5 Å². The Labute approximate surface area is 64.5 Å². The van der Waals surface area contributed by atoms with Crippen molar-refractivity contribution in [1.29, 1.82) is 0 Å². The molecule has 0 aliphatic carbocycles. The van der Waals surface area contributed by atoms with Crippen LogP contribution in [0.5, 0.6) is 0 Å². The van der Waals surface area contributed by atoms with Crippen LogP contribution in [0.3, 0.4) is 0 Å². The molecule has 0 atom stereocenters. The van der Waals surface area contributed by atoms with Gasteiger partial charge < -0.3 is 9.53 Å². The van der Waals surface area contributed by atoms with Gasteiger partial charge in [0, 0.05) is 0 Å². The summed E-state index contributed by atoms with van der Waals surface area (Å²) in [5.41, 5.74) is 0. The van der Waals surface area contributed by atoms with Gasteiger partial charge in [-0.25, -0.2) is 0 Å². The van der Waals surface area contributed by atoms with Crippen molar-refractivity contribution < 1.29 is 9.53 Å². The number of carbonyl (C=O) groups is 1. The van der Waals surface area contributed by atoms with Crippen LogP contribution in [0.4, 0.5) is 0 Å². The van der Waals surface area contributed by atoms with E-state index in [0.717, 1.165) is 6.29 Å². The van der Waals surface area contributed by atoms with E-state index in [1.807, 2.05) is 0 Å². The summed E-state index contributed by atoms with van der Waals surface area (Å²) >= 11 is 0. The van der Waals surface area contributed by atoms with Gasteiger partial charge in [-0.1, -0.05) is 0 Å².